The van der Waals surface area contributed by atoms with Gasteiger partial charge in [-0.1, -0.05) is 18.2 Å². The van der Waals surface area contributed by atoms with E-state index in [1.54, 1.807) is 12.3 Å². The zero-order valence-electron chi connectivity index (χ0n) is 14.1. The summed E-state index contributed by atoms with van der Waals surface area (Å²) in [6, 6.07) is 12.5. The SMILES string of the molecule is C[C@@H](c1cccc(-c2ccc(NS(C)(=O)=O)nc2)c1)N1CCCC1. The van der Waals surface area contributed by atoms with Crippen molar-refractivity contribution in [3.8, 4) is 11.1 Å². The lowest BCUT2D eigenvalue weighted by Crippen LogP contribution is -2.23. The molecule has 3 rings (SSSR count). The van der Waals surface area contributed by atoms with E-state index >= 15 is 0 Å². The lowest BCUT2D eigenvalue weighted by atomic mass is 10.0. The van der Waals surface area contributed by atoms with Crippen molar-refractivity contribution in [2.45, 2.75) is 25.8 Å². The van der Waals surface area contributed by atoms with Crippen LogP contribution in [0.3, 0.4) is 0 Å². The largest absolute Gasteiger partial charge is 0.297 e. The van der Waals surface area contributed by atoms with Gasteiger partial charge in [0.1, 0.15) is 5.82 Å². The van der Waals surface area contributed by atoms with Gasteiger partial charge in [0.25, 0.3) is 0 Å². The van der Waals surface area contributed by atoms with E-state index < -0.39 is 10.0 Å². The van der Waals surface area contributed by atoms with Gasteiger partial charge in [-0.15, -0.1) is 0 Å². The van der Waals surface area contributed by atoms with Crippen molar-refractivity contribution in [3.05, 3.63) is 48.2 Å². The molecule has 128 valence electrons. The van der Waals surface area contributed by atoms with Crippen LogP contribution in [0.25, 0.3) is 11.1 Å². The van der Waals surface area contributed by atoms with Crippen molar-refractivity contribution in [1.82, 2.24) is 9.88 Å². The maximum absolute atomic E-state index is 11.2. The van der Waals surface area contributed by atoms with Crippen LogP contribution in [0.1, 0.15) is 31.4 Å². The van der Waals surface area contributed by atoms with Gasteiger partial charge in [-0.25, -0.2) is 13.4 Å². The van der Waals surface area contributed by atoms with Crippen molar-refractivity contribution in [3.63, 3.8) is 0 Å². The molecule has 1 aliphatic rings. The summed E-state index contributed by atoms with van der Waals surface area (Å²) in [5, 5.41) is 0. The van der Waals surface area contributed by atoms with Crippen LogP contribution in [0.2, 0.25) is 0 Å². The summed E-state index contributed by atoms with van der Waals surface area (Å²) in [7, 11) is -3.30. The molecular formula is C18H23N3O2S. The highest BCUT2D eigenvalue weighted by atomic mass is 32.2. The molecule has 0 unspecified atom stereocenters. The van der Waals surface area contributed by atoms with Crippen molar-refractivity contribution < 1.29 is 8.42 Å². The third-order valence-corrected chi connectivity index (χ3v) is 5.02. The van der Waals surface area contributed by atoms with E-state index in [1.165, 1.54) is 31.5 Å². The molecule has 2 aromatic rings. The highest BCUT2D eigenvalue weighted by Crippen LogP contribution is 2.28. The molecule has 0 aliphatic carbocycles. The molecule has 24 heavy (non-hydrogen) atoms. The Morgan fingerprint density at radius 1 is 1.12 bits per heavy atom. The van der Waals surface area contributed by atoms with Crippen LogP contribution in [0.15, 0.2) is 42.6 Å². The molecule has 5 nitrogen and oxygen atoms in total. The quantitative estimate of drug-likeness (QED) is 0.903. The smallest absolute Gasteiger partial charge is 0.230 e. The first-order valence-electron chi connectivity index (χ1n) is 8.20. The van der Waals surface area contributed by atoms with Crippen LogP contribution in [-0.4, -0.2) is 37.6 Å². The minimum absolute atomic E-state index is 0.336. The van der Waals surface area contributed by atoms with Gasteiger partial charge in [-0.05, 0) is 62.2 Å². The Kier molecular flexibility index (Phi) is 4.87. The first-order chi connectivity index (χ1) is 11.4. The molecule has 1 N–H and O–H groups in total. The molecule has 0 spiro atoms. The number of benzene rings is 1. The number of nitrogens with zero attached hydrogens (tertiary/aromatic N) is 2. The molecule has 0 radical (unpaired) electrons. The van der Waals surface area contributed by atoms with E-state index in [-0.39, 0.29) is 0 Å². The van der Waals surface area contributed by atoms with Crippen molar-refractivity contribution in [1.29, 1.82) is 0 Å². The molecular weight excluding hydrogens is 322 g/mol. The molecule has 6 heteroatoms. The van der Waals surface area contributed by atoms with Gasteiger partial charge >= 0.3 is 0 Å². The average Bonchev–Trinajstić information content (AvgIpc) is 3.08. The number of pyridine rings is 1. The predicted octanol–water partition coefficient (Wildman–Crippen LogP) is 3.28. The standard InChI is InChI=1S/C18H23N3O2S/c1-14(21-10-3-4-11-21)15-6-5-7-16(12-15)17-8-9-18(19-13-17)20-24(2,22)23/h5-9,12-14H,3-4,10-11H2,1-2H3,(H,19,20)/t14-/m0/s1. The Labute approximate surface area is 143 Å². The fraction of sp³-hybridized carbons (Fsp3) is 0.389. The van der Waals surface area contributed by atoms with Gasteiger partial charge in [0.15, 0.2) is 0 Å². The van der Waals surface area contributed by atoms with Crippen LogP contribution in [0.4, 0.5) is 5.82 Å². The lowest BCUT2D eigenvalue weighted by Gasteiger charge is -2.24. The zero-order chi connectivity index (χ0) is 17.2. The number of sulfonamides is 1. The number of anilines is 1. The molecule has 0 amide bonds. The molecule has 1 aliphatic heterocycles. The Morgan fingerprint density at radius 2 is 1.88 bits per heavy atom. The zero-order valence-corrected chi connectivity index (χ0v) is 14.9. The van der Waals surface area contributed by atoms with Crippen molar-refractivity contribution >= 4 is 15.8 Å². The first kappa shape index (κ1) is 16.9. The lowest BCUT2D eigenvalue weighted by molar-refractivity contribution is 0.263. The second kappa shape index (κ2) is 6.91. The van der Waals surface area contributed by atoms with E-state index in [0.717, 1.165) is 17.4 Å². The van der Waals surface area contributed by atoms with Crippen molar-refractivity contribution in [2.24, 2.45) is 0 Å². The summed E-state index contributed by atoms with van der Waals surface area (Å²) in [5.41, 5.74) is 3.37. The molecule has 0 saturated carbocycles. The fourth-order valence-electron chi connectivity index (χ4n) is 3.13. The number of aromatic nitrogens is 1. The Morgan fingerprint density at radius 3 is 2.50 bits per heavy atom. The van der Waals surface area contributed by atoms with Crippen molar-refractivity contribution in [2.75, 3.05) is 24.1 Å². The first-order valence-corrected chi connectivity index (χ1v) is 10.1. The number of likely N-dealkylation sites (tertiary alicyclic amines) is 1. The Balaban J connectivity index is 1.80. The maximum atomic E-state index is 11.2. The third kappa shape index (κ3) is 4.13. The van der Waals surface area contributed by atoms with Gasteiger partial charge in [-0.3, -0.25) is 9.62 Å². The molecule has 1 saturated heterocycles. The van der Waals surface area contributed by atoms with Crippen LogP contribution in [0.5, 0.6) is 0 Å². The Bertz CT molecular complexity index is 797. The monoisotopic (exact) mass is 345 g/mol. The van der Waals surface area contributed by atoms with Crippen LogP contribution in [0, 0.1) is 0 Å². The molecule has 1 fully saturated rings. The summed E-state index contributed by atoms with van der Waals surface area (Å²) in [5.74, 6) is 0.336. The molecule has 0 bridgehead atoms. The van der Waals surface area contributed by atoms with E-state index in [2.05, 4.69) is 45.8 Å². The van der Waals surface area contributed by atoms with Crippen LogP contribution in [-0.2, 0) is 10.0 Å². The van der Waals surface area contributed by atoms with Gasteiger partial charge < -0.3 is 0 Å². The van der Waals surface area contributed by atoms with E-state index in [1.807, 2.05) is 6.07 Å². The minimum atomic E-state index is -3.30. The molecule has 1 aromatic carbocycles. The van der Waals surface area contributed by atoms with Gasteiger partial charge in [0, 0.05) is 17.8 Å². The number of rotatable bonds is 5. The fourth-order valence-corrected chi connectivity index (χ4v) is 3.63. The van der Waals surface area contributed by atoms with Crippen LogP contribution < -0.4 is 4.72 Å². The molecule has 1 aromatic heterocycles. The summed E-state index contributed by atoms with van der Waals surface area (Å²) in [6.07, 6.45) is 5.38. The number of hydrogen-bond donors (Lipinski definition) is 1. The Hall–Kier alpha value is -1.92. The van der Waals surface area contributed by atoms with Crippen LogP contribution >= 0.6 is 0 Å². The second-order valence-corrected chi connectivity index (χ2v) is 8.10. The third-order valence-electron chi connectivity index (χ3n) is 4.44. The number of hydrogen-bond acceptors (Lipinski definition) is 4. The van der Waals surface area contributed by atoms with Gasteiger partial charge in [-0.2, -0.15) is 0 Å². The van der Waals surface area contributed by atoms with E-state index in [4.69, 9.17) is 0 Å². The minimum Gasteiger partial charge on any atom is -0.297 e. The highest BCUT2D eigenvalue weighted by molar-refractivity contribution is 7.92. The maximum Gasteiger partial charge on any atom is 0.230 e. The summed E-state index contributed by atoms with van der Waals surface area (Å²) in [4.78, 5) is 6.70. The highest BCUT2D eigenvalue weighted by Gasteiger charge is 2.19. The summed E-state index contributed by atoms with van der Waals surface area (Å²) in [6.45, 7) is 4.58. The summed E-state index contributed by atoms with van der Waals surface area (Å²) < 4.78 is 24.9. The number of nitrogens with one attached hydrogen (secondary N) is 1. The molecule has 2 heterocycles. The predicted molar refractivity (Wildman–Crippen MR) is 97.4 cm³/mol. The van der Waals surface area contributed by atoms with Gasteiger partial charge in [0.2, 0.25) is 10.0 Å². The van der Waals surface area contributed by atoms with E-state index in [0.29, 0.717) is 11.9 Å². The van der Waals surface area contributed by atoms with E-state index in [9.17, 15) is 8.42 Å². The summed E-state index contributed by atoms with van der Waals surface area (Å²) >= 11 is 0. The topological polar surface area (TPSA) is 62.3 Å². The second-order valence-electron chi connectivity index (χ2n) is 6.35. The average molecular weight is 345 g/mol. The van der Waals surface area contributed by atoms with Gasteiger partial charge in [0.05, 0.1) is 6.26 Å². The normalized spacial score (nSPS) is 16.9. The molecule has 1 atom stereocenters.